The molecule has 0 unspecified atom stereocenters. The second kappa shape index (κ2) is 4.34. The van der Waals surface area contributed by atoms with Crippen LogP contribution in [0.2, 0.25) is 0 Å². The molecule has 0 N–H and O–H groups in total. The maximum absolute atomic E-state index is 2.44. The maximum Gasteiger partial charge on any atom is 0.0440 e. The first kappa shape index (κ1) is 12.4. The summed E-state index contributed by atoms with van der Waals surface area (Å²) in [7, 11) is 4.31. The molecular weight excluding hydrogens is 208 g/mol. The standard InChI is InChI=1S/C15H24N2/c1-15(2,3)12-6-8-13(9-7-12)17-10-14(11-17)16(4)5/h6-9,14H,10-11H2,1-5H3. The van der Waals surface area contributed by atoms with E-state index < -0.39 is 0 Å². The molecule has 1 saturated heterocycles. The van der Waals surface area contributed by atoms with E-state index in [2.05, 4.69) is 68.9 Å². The molecule has 2 rings (SSSR count). The lowest BCUT2D eigenvalue weighted by Gasteiger charge is -2.44. The van der Waals surface area contributed by atoms with Crippen molar-refractivity contribution in [2.75, 3.05) is 32.1 Å². The van der Waals surface area contributed by atoms with Gasteiger partial charge in [0.1, 0.15) is 0 Å². The zero-order valence-corrected chi connectivity index (χ0v) is 11.7. The van der Waals surface area contributed by atoms with Crippen LogP contribution in [0.5, 0.6) is 0 Å². The maximum atomic E-state index is 2.44. The molecule has 0 amide bonds. The van der Waals surface area contributed by atoms with E-state index in [0.29, 0.717) is 0 Å². The SMILES string of the molecule is CN(C)C1CN(c2ccc(C(C)(C)C)cc2)C1. The van der Waals surface area contributed by atoms with Gasteiger partial charge in [0.2, 0.25) is 0 Å². The van der Waals surface area contributed by atoms with Gasteiger partial charge in [-0.25, -0.2) is 0 Å². The van der Waals surface area contributed by atoms with Crippen LogP contribution in [0.15, 0.2) is 24.3 Å². The number of hydrogen-bond donors (Lipinski definition) is 0. The normalized spacial score (nSPS) is 17.4. The van der Waals surface area contributed by atoms with Crippen LogP contribution in [0.4, 0.5) is 5.69 Å². The van der Waals surface area contributed by atoms with E-state index in [9.17, 15) is 0 Å². The molecule has 17 heavy (non-hydrogen) atoms. The molecule has 2 heteroatoms. The second-order valence-corrected chi connectivity index (χ2v) is 6.32. The molecule has 1 aromatic rings. The Bertz CT molecular complexity index is 367. The molecule has 0 spiro atoms. The van der Waals surface area contributed by atoms with Crippen molar-refractivity contribution in [3.05, 3.63) is 29.8 Å². The third kappa shape index (κ3) is 2.63. The molecule has 0 atom stereocenters. The van der Waals surface area contributed by atoms with Crippen LogP contribution in [0.25, 0.3) is 0 Å². The fraction of sp³-hybridized carbons (Fsp3) is 0.600. The lowest BCUT2D eigenvalue weighted by Crippen LogP contribution is -2.57. The summed E-state index contributed by atoms with van der Waals surface area (Å²) in [6.45, 7) is 9.08. The van der Waals surface area contributed by atoms with Gasteiger partial charge in [0.05, 0.1) is 0 Å². The van der Waals surface area contributed by atoms with Gasteiger partial charge >= 0.3 is 0 Å². The summed E-state index contributed by atoms with van der Waals surface area (Å²) in [5.74, 6) is 0. The van der Waals surface area contributed by atoms with E-state index in [4.69, 9.17) is 0 Å². The van der Waals surface area contributed by atoms with Gasteiger partial charge in [-0.1, -0.05) is 32.9 Å². The number of anilines is 1. The van der Waals surface area contributed by atoms with Crippen molar-refractivity contribution in [2.24, 2.45) is 0 Å². The smallest absolute Gasteiger partial charge is 0.0440 e. The van der Waals surface area contributed by atoms with Gasteiger partial charge in [0.15, 0.2) is 0 Å². The zero-order valence-electron chi connectivity index (χ0n) is 11.7. The summed E-state index contributed by atoms with van der Waals surface area (Å²) in [4.78, 5) is 4.75. The topological polar surface area (TPSA) is 6.48 Å². The second-order valence-electron chi connectivity index (χ2n) is 6.32. The Hall–Kier alpha value is -1.02. The molecule has 0 radical (unpaired) electrons. The van der Waals surface area contributed by atoms with Crippen LogP contribution in [0, 0.1) is 0 Å². The van der Waals surface area contributed by atoms with Gasteiger partial charge in [-0.05, 0) is 37.2 Å². The van der Waals surface area contributed by atoms with Crippen molar-refractivity contribution in [2.45, 2.75) is 32.2 Å². The van der Waals surface area contributed by atoms with Gasteiger partial charge in [-0.15, -0.1) is 0 Å². The Kier molecular flexibility index (Phi) is 3.17. The average molecular weight is 232 g/mol. The summed E-state index contributed by atoms with van der Waals surface area (Å²) in [5, 5.41) is 0. The number of likely N-dealkylation sites (N-methyl/N-ethyl adjacent to an activating group) is 1. The lowest BCUT2D eigenvalue weighted by atomic mass is 9.87. The third-order valence-corrected chi connectivity index (χ3v) is 3.69. The van der Waals surface area contributed by atoms with Gasteiger partial charge in [0, 0.05) is 24.8 Å². The van der Waals surface area contributed by atoms with Crippen LogP contribution in [0.3, 0.4) is 0 Å². The van der Waals surface area contributed by atoms with Crippen LogP contribution in [-0.2, 0) is 5.41 Å². The van der Waals surface area contributed by atoms with E-state index >= 15 is 0 Å². The highest BCUT2D eigenvalue weighted by Crippen LogP contribution is 2.27. The highest BCUT2D eigenvalue weighted by Gasteiger charge is 2.28. The summed E-state index contributed by atoms with van der Waals surface area (Å²) in [5.41, 5.74) is 3.02. The Morgan fingerprint density at radius 2 is 1.59 bits per heavy atom. The van der Waals surface area contributed by atoms with Crippen LogP contribution >= 0.6 is 0 Å². The molecule has 0 saturated carbocycles. The van der Waals surface area contributed by atoms with E-state index in [1.165, 1.54) is 11.3 Å². The largest absolute Gasteiger partial charge is 0.368 e. The molecule has 1 fully saturated rings. The molecule has 94 valence electrons. The third-order valence-electron chi connectivity index (χ3n) is 3.69. The summed E-state index contributed by atoms with van der Waals surface area (Å²) < 4.78 is 0. The first-order valence-corrected chi connectivity index (χ1v) is 6.40. The van der Waals surface area contributed by atoms with Crippen molar-refractivity contribution in [1.82, 2.24) is 4.90 Å². The summed E-state index contributed by atoms with van der Waals surface area (Å²) >= 11 is 0. The molecule has 1 aromatic carbocycles. The minimum atomic E-state index is 0.250. The Morgan fingerprint density at radius 3 is 2.00 bits per heavy atom. The van der Waals surface area contributed by atoms with E-state index in [1.807, 2.05) is 0 Å². The fourth-order valence-electron chi connectivity index (χ4n) is 2.16. The number of hydrogen-bond acceptors (Lipinski definition) is 2. The lowest BCUT2D eigenvalue weighted by molar-refractivity contribution is 0.247. The van der Waals surface area contributed by atoms with Gasteiger partial charge < -0.3 is 9.80 Å². The van der Waals surface area contributed by atoms with E-state index in [1.54, 1.807) is 0 Å². The highest BCUT2D eigenvalue weighted by molar-refractivity contribution is 5.51. The summed E-state index contributed by atoms with van der Waals surface area (Å²) in [6, 6.07) is 9.76. The summed E-state index contributed by atoms with van der Waals surface area (Å²) in [6.07, 6.45) is 0. The van der Waals surface area contributed by atoms with Crippen LogP contribution in [-0.4, -0.2) is 38.1 Å². The molecule has 0 aliphatic carbocycles. The number of nitrogens with zero attached hydrogens (tertiary/aromatic N) is 2. The van der Waals surface area contributed by atoms with Crippen molar-refractivity contribution in [3.63, 3.8) is 0 Å². The molecule has 0 aromatic heterocycles. The minimum absolute atomic E-state index is 0.250. The van der Waals surface area contributed by atoms with Gasteiger partial charge in [0.25, 0.3) is 0 Å². The highest BCUT2D eigenvalue weighted by atomic mass is 15.3. The number of rotatable bonds is 2. The van der Waals surface area contributed by atoms with Crippen molar-refractivity contribution >= 4 is 5.69 Å². The first-order chi connectivity index (χ1) is 7.88. The number of benzene rings is 1. The molecule has 1 aliphatic rings. The minimum Gasteiger partial charge on any atom is -0.368 e. The van der Waals surface area contributed by atoms with Gasteiger partial charge in [-0.2, -0.15) is 0 Å². The fourth-order valence-corrected chi connectivity index (χ4v) is 2.16. The molecule has 1 heterocycles. The molecule has 2 nitrogen and oxygen atoms in total. The molecule has 0 bridgehead atoms. The quantitative estimate of drug-likeness (QED) is 0.773. The van der Waals surface area contributed by atoms with Gasteiger partial charge in [-0.3, -0.25) is 0 Å². The first-order valence-electron chi connectivity index (χ1n) is 6.40. The average Bonchev–Trinajstić information content (AvgIpc) is 2.14. The van der Waals surface area contributed by atoms with Crippen LogP contribution < -0.4 is 4.90 Å². The Labute approximate surface area is 105 Å². The monoisotopic (exact) mass is 232 g/mol. The van der Waals surface area contributed by atoms with Crippen LogP contribution in [0.1, 0.15) is 26.3 Å². The van der Waals surface area contributed by atoms with Crippen molar-refractivity contribution in [3.8, 4) is 0 Å². The Balaban J connectivity index is 2.01. The predicted molar refractivity (Wildman–Crippen MR) is 74.8 cm³/mol. The molecular formula is C15H24N2. The van der Waals surface area contributed by atoms with E-state index in [-0.39, 0.29) is 5.41 Å². The van der Waals surface area contributed by atoms with Crippen molar-refractivity contribution < 1.29 is 0 Å². The van der Waals surface area contributed by atoms with E-state index in [0.717, 1.165) is 19.1 Å². The zero-order chi connectivity index (χ0) is 12.6. The predicted octanol–water partition coefficient (Wildman–Crippen LogP) is 2.73. The molecule has 1 aliphatic heterocycles. The van der Waals surface area contributed by atoms with Crippen molar-refractivity contribution in [1.29, 1.82) is 0 Å². The Morgan fingerprint density at radius 1 is 1.06 bits per heavy atom.